The molecule has 0 aromatic heterocycles. The molecule has 0 saturated carbocycles. The number of carbonyl (C=O) groups excluding carboxylic acids is 1. The number of nitrogens with one attached hydrogen (secondary N) is 1. The Morgan fingerprint density at radius 2 is 1.94 bits per heavy atom. The van der Waals surface area contributed by atoms with E-state index in [1.165, 1.54) is 20.0 Å². The van der Waals surface area contributed by atoms with E-state index in [0.717, 1.165) is 19.3 Å². The van der Waals surface area contributed by atoms with Gasteiger partial charge >= 0.3 is 5.97 Å². The molecule has 0 aliphatic rings. The van der Waals surface area contributed by atoms with Crippen LogP contribution in [0.5, 0.6) is 0 Å². The fourth-order valence-corrected chi connectivity index (χ4v) is 1.82. The molecule has 0 aromatic rings. The lowest BCUT2D eigenvalue weighted by Crippen LogP contribution is -2.51. The SMILES string of the molecule is CCCCCCC(C)(NCCOC)C(=O)OC. The van der Waals surface area contributed by atoms with Crippen LogP contribution in [0.2, 0.25) is 0 Å². The zero-order chi connectivity index (χ0) is 13.1. The van der Waals surface area contributed by atoms with Gasteiger partial charge in [0.05, 0.1) is 13.7 Å². The Labute approximate surface area is 105 Å². The van der Waals surface area contributed by atoms with Crippen molar-refractivity contribution in [2.24, 2.45) is 0 Å². The minimum Gasteiger partial charge on any atom is -0.468 e. The molecule has 0 saturated heterocycles. The van der Waals surface area contributed by atoms with E-state index < -0.39 is 5.54 Å². The molecule has 0 heterocycles. The van der Waals surface area contributed by atoms with Gasteiger partial charge in [-0.05, 0) is 13.3 Å². The normalized spacial score (nSPS) is 14.4. The Kier molecular flexibility index (Phi) is 9.09. The summed E-state index contributed by atoms with van der Waals surface area (Å²) in [6.45, 7) is 5.34. The number of hydrogen-bond donors (Lipinski definition) is 1. The fourth-order valence-electron chi connectivity index (χ4n) is 1.82. The highest BCUT2D eigenvalue weighted by Crippen LogP contribution is 2.17. The standard InChI is InChI=1S/C13H27NO3/c1-5-6-7-8-9-13(2,12(15)17-4)14-10-11-16-3/h14H,5-11H2,1-4H3. The largest absolute Gasteiger partial charge is 0.468 e. The molecule has 0 aliphatic carbocycles. The van der Waals surface area contributed by atoms with Crippen LogP contribution in [0.25, 0.3) is 0 Å². The number of unbranched alkanes of at least 4 members (excludes halogenated alkanes) is 3. The van der Waals surface area contributed by atoms with Crippen molar-refractivity contribution in [2.45, 2.75) is 51.5 Å². The molecule has 0 amide bonds. The average molecular weight is 245 g/mol. The van der Waals surface area contributed by atoms with Crippen molar-refractivity contribution in [3.8, 4) is 0 Å². The maximum atomic E-state index is 11.8. The molecule has 0 spiro atoms. The summed E-state index contributed by atoms with van der Waals surface area (Å²) in [6.07, 6.45) is 5.43. The molecule has 102 valence electrons. The van der Waals surface area contributed by atoms with Crippen LogP contribution in [0.1, 0.15) is 46.0 Å². The molecule has 1 N–H and O–H groups in total. The smallest absolute Gasteiger partial charge is 0.325 e. The molecule has 1 atom stereocenters. The summed E-state index contributed by atoms with van der Waals surface area (Å²) in [6, 6.07) is 0. The van der Waals surface area contributed by atoms with Crippen LogP contribution in [-0.2, 0) is 14.3 Å². The minimum atomic E-state index is -0.582. The summed E-state index contributed by atoms with van der Waals surface area (Å²) in [4.78, 5) is 11.8. The van der Waals surface area contributed by atoms with E-state index in [1.54, 1.807) is 7.11 Å². The summed E-state index contributed by atoms with van der Waals surface area (Å²) in [5, 5.41) is 3.23. The quantitative estimate of drug-likeness (QED) is 0.473. The maximum absolute atomic E-state index is 11.8. The first-order valence-corrected chi connectivity index (χ1v) is 6.43. The Hall–Kier alpha value is -0.610. The Morgan fingerprint density at radius 3 is 2.47 bits per heavy atom. The third kappa shape index (κ3) is 6.64. The van der Waals surface area contributed by atoms with Crippen LogP contribution in [-0.4, -0.2) is 38.9 Å². The highest BCUT2D eigenvalue weighted by atomic mass is 16.5. The van der Waals surface area contributed by atoms with E-state index in [2.05, 4.69) is 12.2 Å². The lowest BCUT2D eigenvalue weighted by molar-refractivity contribution is -0.148. The fraction of sp³-hybridized carbons (Fsp3) is 0.923. The van der Waals surface area contributed by atoms with Gasteiger partial charge in [0.2, 0.25) is 0 Å². The van der Waals surface area contributed by atoms with E-state index in [1.807, 2.05) is 6.92 Å². The lowest BCUT2D eigenvalue weighted by atomic mass is 9.94. The molecule has 0 radical (unpaired) electrons. The molecule has 17 heavy (non-hydrogen) atoms. The second-order valence-corrected chi connectivity index (χ2v) is 4.55. The Balaban J connectivity index is 4.14. The molecule has 1 unspecified atom stereocenters. The van der Waals surface area contributed by atoms with Crippen LogP contribution in [0.15, 0.2) is 0 Å². The van der Waals surface area contributed by atoms with Crippen molar-refractivity contribution < 1.29 is 14.3 Å². The van der Waals surface area contributed by atoms with E-state index >= 15 is 0 Å². The van der Waals surface area contributed by atoms with Gasteiger partial charge in [-0.3, -0.25) is 10.1 Å². The van der Waals surface area contributed by atoms with E-state index in [-0.39, 0.29) is 5.97 Å². The predicted molar refractivity (Wildman–Crippen MR) is 69.1 cm³/mol. The highest BCUT2D eigenvalue weighted by Gasteiger charge is 2.32. The van der Waals surface area contributed by atoms with Gasteiger partial charge in [-0.1, -0.05) is 32.6 Å². The van der Waals surface area contributed by atoms with Gasteiger partial charge in [0.15, 0.2) is 0 Å². The van der Waals surface area contributed by atoms with Gasteiger partial charge in [0.1, 0.15) is 5.54 Å². The number of methoxy groups -OCH3 is 2. The van der Waals surface area contributed by atoms with Crippen LogP contribution in [0.4, 0.5) is 0 Å². The zero-order valence-corrected chi connectivity index (χ0v) is 11.7. The zero-order valence-electron chi connectivity index (χ0n) is 11.7. The van der Waals surface area contributed by atoms with Gasteiger partial charge in [0, 0.05) is 13.7 Å². The van der Waals surface area contributed by atoms with Crippen molar-refractivity contribution >= 4 is 5.97 Å². The van der Waals surface area contributed by atoms with Crippen LogP contribution < -0.4 is 5.32 Å². The van der Waals surface area contributed by atoms with E-state index in [9.17, 15) is 4.79 Å². The third-order valence-corrected chi connectivity index (χ3v) is 2.99. The molecular formula is C13H27NO3. The number of carbonyl (C=O) groups is 1. The molecular weight excluding hydrogens is 218 g/mol. The second-order valence-electron chi connectivity index (χ2n) is 4.55. The monoisotopic (exact) mass is 245 g/mol. The van der Waals surface area contributed by atoms with E-state index in [0.29, 0.717) is 13.2 Å². The molecule has 0 bridgehead atoms. The maximum Gasteiger partial charge on any atom is 0.325 e. The molecule has 0 fully saturated rings. The lowest BCUT2D eigenvalue weighted by Gasteiger charge is -2.28. The molecule has 0 aliphatic heterocycles. The Morgan fingerprint density at radius 1 is 1.24 bits per heavy atom. The van der Waals surface area contributed by atoms with Gasteiger partial charge < -0.3 is 9.47 Å². The van der Waals surface area contributed by atoms with Crippen molar-refractivity contribution in [1.29, 1.82) is 0 Å². The molecule has 4 heteroatoms. The summed E-state index contributed by atoms with van der Waals surface area (Å²) >= 11 is 0. The van der Waals surface area contributed by atoms with Crippen molar-refractivity contribution in [3.63, 3.8) is 0 Å². The number of rotatable bonds is 10. The number of ether oxygens (including phenoxy) is 2. The van der Waals surface area contributed by atoms with E-state index in [4.69, 9.17) is 9.47 Å². The Bertz CT molecular complexity index is 209. The van der Waals surface area contributed by atoms with Crippen molar-refractivity contribution in [3.05, 3.63) is 0 Å². The molecule has 0 aromatic carbocycles. The van der Waals surface area contributed by atoms with Gasteiger partial charge in [0.25, 0.3) is 0 Å². The van der Waals surface area contributed by atoms with Crippen LogP contribution in [0.3, 0.4) is 0 Å². The second kappa shape index (κ2) is 9.42. The van der Waals surface area contributed by atoms with Crippen molar-refractivity contribution in [2.75, 3.05) is 27.4 Å². The summed E-state index contributed by atoms with van der Waals surface area (Å²) < 4.78 is 9.84. The topological polar surface area (TPSA) is 47.6 Å². The van der Waals surface area contributed by atoms with Gasteiger partial charge in [-0.25, -0.2) is 0 Å². The van der Waals surface area contributed by atoms with Gasteiger partial charge in [-0.2, -0.15) is 0 Å². The summed E-state index contributed by atoms with van der Waals surface area (Å²) in [7, 11) is 3.09. The summed E-state index contributed by atoms with van der Waals surface area (Å²) in [5.74, 6) is -0.190. The van der Waals surface area contributed by atoms with Crippen LogP contribution in [0, 0.1) is 0 Å². The van der Waals surface area contributed by atoms with Crippen LogP contribution >= 0.6 is 0 Å². The molecule has 0 rings (SSSR count). The minimum absolute atomic E-state index is 0.190. The number of esters is 1. The molecule has 4 nitrogen and oxygen atoms in total. The predicted octanol–water partition coefficient (Wildman–Crippen LogP) is 2.12. The first kappa shape index (κ1) is 16.4. The summed E-state index contributed by atoms with van der Waals surface area (Å²) in [5.41, 5.74) is -0.582. The van der Waals surface area contributed by atoms with Crippen molar-refractivity contribution in [1.82, 2.24) is 5.32 Å². The third-order valence-electron chi connectivity index (χ3n) is 2.99. The first-order chi connectivity index (χ1) is 8.10. The average Bonchev–Trinajstić information content (AvgIpc) is 2.34. The highest BCUT2D eigenvalue weighted by molar-refractivity contribution is 5.80. The number of hydrogen-bond acceptors (Lipinski definition) is 4. The first-order valence-electron chi connectivity index (χ1n) is 6.43. The van der Waals surface area contributed by atoms with Gasteiger partial charge in [-0.15, -0.1) is 0 Å².